The second-order valence-electron chi connectivity index (χ2n) is 5.85. The van der Waals surface area contributed by atoms with Gasteiger partial charge >= 0.3 is 0 Å². The molecule has 0 fully saturated rings. The Hall–Kier alpha value is -2.39. The molecule has 0 aliphatic rings. The summed E-state index contributed by atoms with van der Waals surface area (Å²) in [7, 11) is 0. The largest absolute Gasteiger partial charge is 0.332 e. The van der Waals surface area contributed by atoms with Crippen molar-refractivity contribution in [3.05, 3.63) is 29.6 Å². The highest BCUT2D eigenvalue weighted by atomic mass is 32.1. The van der Waals surface area contributed by atoms with E-state index < -0.39 is 0 Å². The predicted octanol–water partition coefficient (Wildman–Crippen LogP) is 3.34. The summed E-state index contributed by atoms with van der Waals surface area (Å²) in [6, 6.07) is 5.98. The fourth-order valence-corrected chi connectivity index (χ4v) is 3.53. The van der Waals surface area contributed by atoms with Crippen molar-refractivity contribution >= 4 is 45.2 Å². The van der Waals surface area contributed by atoms with Crippen LogP contribution in [0.2, 0.25) is 0 Å². The first-order chi connectivity index (χ1) is 12.5. The molecule has 1 aromatic carbocycles. The number of aromatic nitrogens is 4. The van der Waals surface area contributed by atoms with E-state index >= 15 is 0 Å². The summed E-state index contributed by atoms with van der Waals surface area (Å²) >= 11 is 6.72. The third kappa shape index (κ3) is 3.88. The highest BCUT2D eigenvalue weighted by Crippen LogP contribution is 2.29. The number of benzene rings is 1. The average Bonchev–Trinajstić information content (AvgIpc) is 3.17. The standard InChI is InChI=1S/C17H20N6OS2/c1-4-6-14(24)19-16(25)18-12-9-11(8-7-10(12)3)15-22-23-13(5-2)20-21-17(23)26-15/h7-9H,4-6H2,1-3H3,(H2,18,19,24,25). The van der Waals surface area contributed by atoms with E-state index in [-0.39, 0.29) is 5.91 Å². The van der Waals surface area contributed by atoms with Crippen LogP contribution in [0.25, 0.3) is 15.5 Å². The zero-order valence-corrected chi connectivity index (χ0v) is 16.5. The van der Waals surface area contributed by atoms with Crippen molar-refractivity contribution in [2.45, 2.75) is 40.0 Å². The molecular weight excluding hydrogens is 368 g/mol. The van der Waals surface area contributed by atoms with Gasteiger partial charge in [-0.25, -0.2) is 0 Å². The number of carbonyl (C=O) groups excluding carboxylic acids is 1. The van der Waals surface area contributed by atoms with Crippen LogP contribution in [-0.4, -0.2) is 30.8 Å². The molecule has 0 saturated carbocycles. The fourth-order valence-electron chi connectivity index (χ4n) is 2.45. The van der Waals surface area contributed by atoms with Crippen molar-refractivity contribution in [2.75, 3.05) is 5.32 Å². The van der Waals surface area contributed by atoms with Crippen LogP contribution < -0.4 is 10.6 Å². The lowest BCUT2D eigenvalue weighted by molar-refractivity contribution is -0.119. The molecule has 3 aromatic rings. The van der Waals surface area contributed by atoms with Crippen LogP contribution in [0.5, 0.6) is 0 Å². The summed E-state index contributed by atoms with van der Waals surface area (Å²) in [5.41, 5.74) is 2.82. The lowest BCUT2D eigenvalue weighted by Gasteiger charge is -2.12. The Morgan fingerprint density at radius 3 is 2.85 bits per heavy atom. The van der Waals surface area contributed by atoms with E-state index in [1.165, 1.54) is 11.3 Å². The summed E-state index contributed by atoms with van der Waals surface area (Å²) < 4.78 is 1.78. The molecule has 26 heavy (non-hydrogen) atoms. The number of nitrogens with zero attached hydrogens (tertiary/aromatic N) is 4. The molecule has 0 unspecified atom stereocenters. The van der Waals surface area contributed by atoms with E-state index in [4.69, 9.17) is 12.2 Å². The highest BCUT2D eigenvalue weighted by Gasteiger charge is 2.13. The maximum absolute atomic E-state index is 11.7. The van der Waals surface area contributed by atoms with Gasteiger partial charge in [0.1, 0.15) is 5.01 Å². The lowest BCUT2D eigenvalue weighted by atomic mass is 10.1. The molecule has 0 saturated heterocycles. The molecule has 7 nitrogen and oxygen atoms in total. The molecule has 0 aliphatic carbocycles. The summed E-state index contributed by atoms with van der Waals surface area (Å²) in [5, 5.41) is 19.8. The predicted molar refractivity (Wildman–Crippen MR) is 107 cm³/mol. The normalized spacial score (nSPS) is 10.9. The molecule has 2 N–H and O–H groups in total. The van der Waals surface area contributed by atoms with Gasteiger partial charge in [0, 0.05) is 24.1 Å². The minimum absolute atomic E-state index is 0.0837. The number of hydrogen-bond acceptors (Lipinski definition) is 6. The summed E-state index contributed by atoms with van der Waals surface area (Å²) in [6.07, 6.45) is 2.01. The average molecular weight is 389 g/mol. The number of nitrogens with one attached hydrogen (secondary N) is 2. The van der Waals surface area contributed by atoms with Crippen molar-refractivity contribution in [1.82, 2.24) is 25.1 Å². The van der Waals surface area contributed by atoms with Crippen molar-refractivity contribution in [1.29, 1.82) is 0 Å². The van der Waals surface area contributed by atoms with Gasteiger partial charge in [-0.05, 0) is 37.2 Å². The van der Waals surface area contributed by atoms with E-state index in [2.05, 4.69) is 25.9 Å². The molecular formula is C17H20N6OS2. The lowest BCUT2D eigenvalue weighted by Crippen LogP contribution is -2.34. The Bertz CT molecular complexity index is 961. The molecule has 2 aromatic heterocycles. The Labute approximate surface area is 160 Å². The van der Waals surface area contributed by atoms with Gasteiger partial charge in [-0.2, -0.15) is 9.61 Å². The Morgan fingerprint density at radius 1 is 1.31 bits per heavy atom. The van der Waals surface area contributed by atoms with E-state index in [1.807, 2.05) is 39.0 Å². The SMILES string of the molecule is CCCC(=O)NC(=S)Nc1cc(-c2nn3c(CC)nnc3s2)ccc1C. The summed E-state index contributed by atoms with van der Waals surface area (Å²) in [5.74, 6) is 0.757. The first kappa shape index (κ1) is 18.4. The van der Waals surface area contributed by atoms with Gasteiger partial charge in [-0.15, -0.1) is 10.2 Å². The van der Waals surface area contributed by atoms with Crippen LogP contribution in [0, 0.1) is 6.92 Å². The third-order valence-corrected chi connectivity index (χ3v) is 4.99. The zero-order chi connectivity index (χ0) is 18.7. The first-order valence-electron chi connectivity index (χ1n) is 8.44. The molecule has 2 heterocycles. The Morgan fingerprint density at radius 2 is 2.12 bits per heavy atom. The van der Waals surface area contributed by atoms with E-state index in [0.717, 1.165) is 45.4 Å². The molecule has 0 aliphatic heterocycles. The van der Waals surface area contributed by atoms with Crippen LogP contribution in [0.3, 0.4) is 0 Å². The van der Waals surface area contributed by atoms with Gasteiger partial charge < -0.3 is 10.6 Å². The van der Waals surface area contributed by atoms with Gasteiger partial charge in [-0.3, -0.25) is 4.79 Å². The quantitative estimate of drug-likeness (QED) is 0.652. The first-order valence-corrected chi connectivity index (χ1v) is 9.67. The summed E-state index contributed by atoms with van der Waals surface area (Å²) in [6.45, 7) is 5.96. The van der Waals surface area contributed by atoms with E-state index in [9.17, 15) is 4.79 Å². The molecule has 9 heteroatoms. The molecule has 0 bridgehead atoms. The Balaban J connectivity index is 1.83. The van der Waals surface area contributed by atoms with Crippen LogP contribution in [0.1, 0.15) is 38.1 Å². The minimum atomic E-state index is -0.0837. The van der Waals surface area contributed by atoms with Gasteiger partial charge in [0.2, 0.25) is 10.9 Å². The maximum atomic E-state index is 11.7. The van der Waals surface area contributed by atoms with Gasteiger partial charge in [0.15, 0.2) is 10.9 Å². The number of anilines is 1. The molecule has 136 valence electrons. The number of fused-ring (bicyclic) bond motifs is 1. The van der Waals surface area contributed by atoms with Crippen LogP contribution >= 0.6 is 23.6 Å². The number of rotatable bonds is 5. The monoisotopic (exact) mass is 388 g/mol. The van der Waals surface area contributed by atoms with Crippen molar-refractivity contribution in [3.8, 4) is 10.6 Å². The van der Waals surface area contributed by atoms with Crippen molar-refractivity contribution in [3.63, 3.8) is 0 Å². The van der Waals surface area contributed by atoms with Crippen LogP contribution in [0.15, 0.2) is 18.2 Å². The second kappa shape index (κ2) is 7.88. The molecule has 0 atom stereocenters. The molecule has 0 spiro atoms. The van der Waals surface area contributed by atoms with Crippen molar-refractivity contribution < 1.29 is 4.79 Å². The third-order valence-electron chi connectivity index (χ3n) is 3.83. The molecule has 3 rings (SSSR count). The van der Waals surface area contributed by atoms with Crippen molar-refractivity contribution in [2.24, 2.45) is 0 Å². The number of carbonyl (C=O) groups is 1. The fraction of sp³-hybridized carbons (Fsp3) is 0.353. The molecule has 1 amide bonds. The topological polar surface area (TPSA) is 84.2 Å². The second-order valence-corrected chi connectivity index (χ2v) is 7.22. The zero-order valence-electron chi connectivity index (χ0n) is 14.9. The number of thiocarbonyl (C=S) groups is 1. The van der Waals surface area contributed by atoms with Crippen LogP contribution in [-0.2, 0) is 11.2 Å². The number of aryl methyl sites for hydroxylation is 2. The van der Waals surface area contributed by atoms with Gasteiger partial charge in [0.25, 0.3) is 0 Å². The number of hydrogen-bond donors (Lipinski definition) is 2. The smallest absolute Gasteiger partial charge is 0.234 e. The number of amides is 1. The van der Waals surface area contributed by atoms with E-state index in [1.54, 1.807) is 4.52 Å². The minimum Gasteiger partial charge on any atom is -0.332 e. The highest BCUT2D eigenvalue weighted by molar-refractivity contribution is 7.80. The maximum Gasteiger partial charge on any atom is 0.234 e. The van der Waals surface area contributed by atoms with E-state index in [0.29, 0.717) is 11.5 Å². The van der Waals surface area contributed by atoms with Gasteiger partial charge in [0.05, 0.1) is 0 Å². The van der Waals surface area contributed by atoms with Crippen LogP contribution in [0.4, 0.5) is 5.69 Å². The summed E-state index contributed by atoms with van der Waals surface area (Å²) in [4.78, 5) is 12.5. The Kier molecular flexibility index (Phi) is 5.58. The molecule has 0 radical (unpaired) electrons. The van der Waals surface area contributed by atoms with Gasteiger partial charge in [-0.1, -0.05) is 37.3 Å².